The summed E-state index contributed by atoms with van der Waals surface area (Å²) in [6.07, 6.45) is 0. The monoisotopic (exact) mass is 487 g/mol. The fourth-order valence-electron chi connectivity index (χ4n) is 3.84. The molecule has 1 aliphatic rings. The van der Waals surface area contributed by atoms with Crippen LogP contribution in [0.25, 0.3) is 0 Å². The molecule has 1 aliphatic heterocycles. The van der Waals surface area contributed by atoms with Crippen molar-refractivity contribution in [1.82, 2.24) is 15.0 Å². The molecule has 1 amide bonds. The normalized spacial score (nSPS) is 14.5. The van der Waals surface area contributed by atoms with E-state index in [0.29, 0.717) is 40.2 Å². The Kier molecular flexibility index (Phi) is 7.27. The molecule has 0 N–H and O–H groups in total. The molecular formula is C25H27Cl2N3O3. The zero-order valence-corrected chi connectivity index (χ0v) is 20.5. The number of amides is 1. The standard InChI is InChI=1S/C25H27Cl2N3O3/c1-16-4-6-20(12-17(16)2)32-15-21-18(3)33-28-24(21)25(31)30-10-8-29(9-11-30)14-19-5-7-22(26)23(27)13-19/h4-7,12-13H,8-11,14-15H2,1-3H3. The molecule has 1 aromatic heterocycles. The molecule has 0 atom stereocenters. The maximum absolute atomic E-state index is 13.2. The average Bonchev–Trinajstić information content (AvgIpc) is 3.17. The van der Waals surface area contributed by atoms with Crippen LogP contribution in [0.3, 0.4) is 0 Å². The summed E-state index contributed by atoms with van der Waals surface area (Å²) in [5.41, 5.74) is 4.48. The first-order chi connectivity index (χ1) is 15.8. The van der Waals surface area contributed by atoms with Gasteiger partial charge in [0.1, 0.15) is 18.1 Å². The second-order valence-corrected chi connectivity index (χ2v) is 9.23. The number of aryl methyl sites for hydroxylation is 3. The number of benzene rings is 2. The van der Waals surface area contributed by atoms with Crippen molar-refractivity contribution in [1.29, 1.82) is 0 Å². The van der Waals surface area contributed by atoms with Gasteiger partial charge in [0.15, 0.2) is 5.69 Å². The summed E-state index contributed by atoms with van der Waals surface area (Å²) in [7, 11) is 0. The molecule has 2 heterocycles. The summed E-state index contributed by atoms with van der Waals surface area (Å²) in [6, 6.07) is 11.6. The summed E-state index contributed by atoms with van der Waals surface area (Å²) in [5, 5.41) is 5.16. The molecule has 0 spiro atoms. The molecule has 2 aromatic carbocycles. The van der Waals surface area contributed by atoms with Crippen molar-refractivity contribution in [2.45, 2.75) is 33.9 Å². The van der Waals surface area contributed by atoms with Crippen LogP contribution in [0.1, 0.15) is 38.5 Å². The second kappa shape index (κ2) is 10.2. The molecule has 6 nitrogen and oxygen atoms in total. The van der Waals surface area contributed by atoms with Gasteiger partial charge in [-0.3, -0.25) is 9.69 Å². The highest BCUT2D eigenvalue weighted by Crippen LogP contribution is 2.24. The van der Waals surface area contributed by atoms with Crippen molar-refractivity contribution in [3.05, 3.63) is 80.2 Å². The Balaban J connectivity index is 1.36. The maximum atomic E-state index is 13.2. The number of nitrogens with zero attached hydrogens (tertiary/aromatic N) is 3. The van der Waals surface area contributed by atoms with Crippen LogP contribution in [0, 0.1) is 20.8 Å². The molecule has 0 radical (unpaired) electrons. The number of piperazine rings is 1. The van der Waals surface area contributed by atoms with Gasteiger partial charge in [-0.25, -0.2) is 0 Å². The molecule has 0 aliphatic carbocycles. The molecule has 174 valence electrons. The van der Waals surface area contributed by atoms with Gasteiger partial charge in [-0.05, 0) is 61.7 Å². The first-order valence-corrected chi connectivity index (χ1v) is 11.7. The van der Waals surface area contributed by atoms with E-state index >= 15 is 0 Å². The molecule has 3 aromatic rings. The molecular weight excluding hydrogens is 461 g/mol. The summed E-state index contributed by atoms with van der Waals surface area (Å²) in [6.45, 7) is 9.65. The van der Waals surface area contributed by atoms with Crippen LogP contribution >= 0.6 is 23.2 Å². The van der Waals surface area contributed by atoms with Crippen LogP contribution < -0.4 is 4.74 Å². The van der Waals surface area contributed by atoms with Crippen molar-refractivity contribution in [3.8, 4) is 5.75 Å². The van der Waals surface area contributed by atoms with E-state index in [0.717, 1.165) is 36.5 Å². The van der Waals surface area contributed by atoms with Crippen molar-refractivity contribution >= 4 is 29.1 Å². The average molecular weight is 488 g/mol. The summed E-state index contributed by atoms with van der Waals surface area (Å²) >= 11 is 12.1. The van der Waals surface area contributed by atoms with E-state index in [2.05, 4.69) is 17.0 Å². The highest BCUT2D eigenvalue weighted by Gasteiger charge is 2.28. The van der Waals surface area contributed by atoms with Gasteiger partial charge < -0.3 is 14.2 Å². The van der Waals surface area contributed by atoms with Crippen LogP contribution in [0.4, 0.5) is 0 Å². The van der Waals surface area contributed by atoms with Gasteiger partial charge in [-0.2, -0.15) is 0 Å². The predicted octanol–water partition coefficient (Wildman–Crippen LogP) is 5.44. The van der Waals surface area contributed by atoms with Crippen LogP contribution in [0.15, 0.2) is 40.9 Å². The Morgan fingerprint density at radius 3 is 2.45 bits per heavy atom. The molecule has 4 rings (SSSR count). The van der Waals surface area contributed by atoms with Gasteiger partial charge >= 0.3 is 0 Å². The first-order valence-electron chi connectivity index (χ1n) is 10.9. The highest BCUT2D eigenvalue weighted by atomic mass is 35.5. The molecule has 0 bridgehead atoms. The number of carbonyl (C=O) groups is 1. The lowest BCUT2D eigenvalue weighted by Crippen LogP contribution is -2.48. The minimum atomic E-state index is -0.125. The minimum Gasteiger partial charge on any atom is -0.489 e. The largest absolute Gasteiger partial charge is 0.489 e. The molecule has 1 saturated heterocycles. The number of ether oxygens (including phenoxy) is 1. The van der Waals surface area contributed by atoms with E-state index in [9.17, 15) is 4.79 Å². The minimum absolute atomic E-state index is 0.125. The maximum Gasteiger partial charge on any atom is 0.276 e. The van der Waals surface area contributed by atoms with Crippen LogP contribution in [0.2, 0.25) is 10.0 Å². The Hall–Kier alpha value is -2.54. The van der Waals surface area contributed by atoms with E-state index in [1.807, 2.05) is 48.2 Å². The zero-order chi connectivity index (χ0) is 23.5. The predicted molar refractivity (Wildman–Crippen MR) is 129 cm³/mol. The van der Waals surface area contributed by atoms with Crippen LogP contribution in [-0.2, 0) is 13.2 Å². The van der Waals surface area contributed by atoms with E-state index in [1.165, 1.54) is 5.56 Å². The van der Waals surface area contributed by atoms with E-state index in [-0.39, 0.29) is 12.5 Å². The smallest absolute Gasteiger partial charge is 0.276 e. The number of halogens is 2. The van der Waals surface area contributed by atoms with E-state index in [1.54, 1.807) is 6.92 Å². The molecule has 0 unspecified atom stereocenters. The van der Waals surface area contributed by atoms with Gasteiger partial charge in [0, 0.05) is 32.7 Å². The lowest BCUT2D eigenvalue weighted by Gasteiger charge is -2.34. The van der Waals surface area contributed by atoms with E-state index < -0.39 is 0 Å². The van der Waals surface area contributed by atoms with Gasteiger partial charge in [0.05, 0.1) is 15.6 Å². The summed E-state index contributed by atoms with van der Waals surface area (Å²) in [5.74, 6) is 1.23. The van der Waals surface area contributed by atoms with Gasteiger partial charge in [0.25, 0.3) is 5.91 Å². The number of aromatic nitrogens is 1. The zero-order valence-electron chi connectivity index (χ0n) is 19.0. The lowest BCUT2D eigenvalue weighted by atomic mass is 10.1. The molecule has 33 heavy (non-hydrogen) atoms. The number of hydrogen-bond donors (Lipinski definition) is 0. The third-order valence-corrected chi connectivity index (χ3v) is 6.84. The third kappa shape index (κ3) is 5.52. The van der Waals surface area contributed by atoms with E-state index in [4.69, 9.17) is 32.5 Å². The number of carbonyl (C=O) groups excluding carboxylic acids is 1. The van der Waals surface area contributed by atoms with Crippen LogP contribution in [0.5, 0.6) is 5.75 Å². The van der Waals surface area contributed by atoms with Crippen molar-refractivity contribution in [3.63, 3.8) is 0 Å². The summed E-state index contributed by atoms with van der Waals surface area (Å²) < 4.78 is 11.3. The SMILES string of the molecule is Cc1ccc(OCc2c(C(=O)N3CCN(Cc4ccc(Cl)c(Cl)c4)CC3)noc2C)cc1C. The van der Waals surface area contributed by atoms with Crippen LogP contribution in [-0.4, -0.2) is 47.0 Å². The lowest BCUT2D eigenvalue weighted by molar-refractivity contribution is 0.0616. The van der Waals surface area contributed by atoms with Crippen molar-refractivity contribution in [2.75, 3.05) is 26.2 Å². The fourth-order valence-corrected chi connectivity index (χ4v) is 4.16. The quantitative estimate of drug-likeness (QED) is 0.462. The molecule has 1 fully saturated rings. The molecule has 0 saturated carbocycles. The molecule has 8 heteroatoms. The topological polar surface area (TPSA) is 58.8 Å². The Morgan fingerprint density at radius 2 is 1.76 bits per heavy atom. The number of hydrogen-bond acceptors (Lipinski definition) is 5. The Bertz CT molecular complexity index is 1150. The summed E-state index contributed by atoms with van der Waals surface area (Å²) in [4.78, 5) is 17.3. The number of rotatable bonds is 6. The Morgan fingerprint density at radius 1 is 1.00 bits per heavy atom. The van der Waals surface area contributed by atoms with Crippen molar-refractivity contribution in [2.24, 2.45) is 0 Å². The van der Waals surface area contributed by atoms with Gasteiger partial charge in [-0.15, -0.1) is 0 Å². The Labute approximate surface area is 204 Å². The first kappa shape index (κ1) is 23.6. The third-order valence-electron chi connectivity index (χ3n) is 6.10. The highest BCUT2D eigenvalue weighted by molar-refractivity contribution is 6.42. The fraction of sp³-hybridized carbons (Fsp3) is 0.360. The van der Waals surface area contributed by atoms with Crippen molar-refractivity contribution < 1.29 is 14.1 Å². The van der Waals surface area contributed by atoms with Gasteiger partial charge in [-0.1, -0.05) is 40.5 Å². The second-order valence-electron chi connectivity index (χ2n) is 8.42. The van der Waals surface area contributed by atoms with Gasteiger partial charge in [0.2, 0.25) is 0 Å².